The fourth-order valence-electron chi connectivity index (χ4n) is 2.29. The van der Waals surface area contributed by atoms with Crippen molar-refractivity contribution in [2.45, 2.75) is 46.2 Å². The normalized spacial score (nSPS) is 16.6. The molecule has 2 rings (SSSR count). The fourth-order valence-corrected chi connectivity index (χ4v) is 4.55. The van der Waals surface area contributed by atoms with Crippen LogP contribution < -0.4 is 5.73 Å². The molecule has 1 aromatic carbocycles. The minimum Gasteiger partial charge on any atom is -0.398 e. The van der Waals surface area contributed by atoms with Crippen molar-refractivity contribution in [2.75, 3.05) is 11.5 Å². The molecule has 0 radical (unpaired) electrons. The molecule has 5 heteroatoms. The Morgan fingerprint density at radius 3 is 2.35 bits per heavy atom. The molecule has 0 unspecified atom stereocenters. The molecular formula is C15H24N2O2S. The lowest BCUT2D eigenvalue weighted by Gasteiger charge is -2.27. The number of nitrogens with two attached hydrogens (primary N) is 1. The van der Waals surface area contributed by atoms with Gasteiger partial charge in [0.15, 0.2) is 0 Å². The third kappa shape index (κ3) is 3.96. The summed E-state index contributed by atoms with van der Waals surface area (Å²) < 4.78 is 26.9. The first-order chi connectivity index (χ1) is 9.19. The summed E-state index contributed by atoms with van der Waals surface area (Å²) in [6, 6.07) is 7.63. The Hall–Kier alpha value is -1.07. The maximum atomic E-state index is 12.6. The van der Waals surface area contributed by atoms with Crippen LogP contribution in [0, 0.1) is 5.41 Å². The Balaban J connectivity index is 2.22. The van der Waals surface area contributed by atoms with Gasteiger partial charge in [0.05, 0.1) is 5.75 Å². The largest absolute Gasteiger partial charge is 0.398 e. The van der Waals surface area contributed by atoms with Crippen LogP contribution in [0.3, 0.4) is 0 Å². The van der Waals surface area contributed by atoms with Gasteiger partial charge >= 0.3 is 0 Å². The first kappa shape index (κ1) is 15.3. The third-order valence-electron chi connectivity index (χ3n) is 3.31. The zero-order valence-electron chi connectivity index (χ0n) is 12.5. The Morgan fingerprint density at radius 2 is 1.85 bits per heavy atom. The Morgan fingerprint density at radius 1 is 1.25 bits per heavy atom. The van der Waals surface area contributed by atoms with Crippen LogP contribution in [0.1, 0.15) is 39.2 Å². The van der Waals surface area contributed by atoms with E-state index in [1.165, 1.54) is 0 Å². The number of nitrogen functional groups attached to an aromatic ring is 1. The van der Waals surface area contributed by atoms with Gasteiger partial charge in [-0.05, 0) is 29.9 Å². The Bertz CT molecular complexity index is 572. The highest BCUT2D eigenvalue weighted by Crippen LogP contribution is 2.33. The number of anilines is 1. The third-order valence-corrected chi connectivity index (χ3v) is 5.68. The molecule has 0 aromatic heterocycles. The van der Waals surface area contributed by atoms with Crippen LogP contribution in [-0.2, 0) is 16.6 Å². The molecule has 1 aromatic rings. The molecule has 1 aliphatic rings. The molecule has 112 valence electrons. The van der Waals surface area contributed by atoms with Gasteiger partial charge in [0, 0.05) is 18.3 Å². The van der Waals surface area contributed by atoms with Crippen LogP contribution in [-0.4, -0.2) is 24.5 Å². The van der Waals surface area contributed by atoms with Crippen LogP contribution in [0.2, 0.25) is 0 Å². The van der Waals surface area contributed by atoms with Crippen molar-refractivity contribution in [3.63, 3.8) is 0 Å². The van der Waals surface area contributed by atoms with Gasteiger partial charge in [-0.1, -0.05) is 39.0 Å². The van der Waals surface area contributed by atoms with Crippen molar-refractivity contribution in [1.29, 1.82) is 0 Å². The van der Waals surface area contributed by atoms with E-state index in [1.807, 2.05) is 45.0 Å². The number of hydrogen-bond acceptors (Lipinski definition) is 3. The van der Waals surface area contributed by atoms with Gasteiger partial charge in [-0.15, -0.1) is 0 Å². The number of rotatable bonds is 5. The fraction of sp³-hybridized carbons (Fsp3) is 0.600. The van der Waals surface area contributed by atoms with E-state index in [1.54, 1.807) is 4.31 Å². The molecule has 0 atom stereocenters. The Kier molecular flexibility index (Phi) is 4.12. The van der Waals surface area contributed by atoms with Crippen LogP contribution >= 0.6 is 0 Å². The maximum Gasteiger partial charge on any atom is 0.215 e. The molecule has 4 nitrogen and oxygen atoms in total. The van der Waals surface area contributed by atoms with Crippen LogP contribution in [0.15, 0.2) is 24.3 Å². The monoisotopic (exact) mass is 296 g/mol. The number of sulfonamides is 1. The number of hydrogen-bond donors (Lipinski definition) is 1. The zero-order chi connectivity index (χ0) is 15.0. The molecule has 1 saturated carbocycles. The topological polar surface area (TPSA) is 63.4 Å². The molecule has 2 N–H and O–H groups in total. The summed E-state index contributed by atoms with van der Waals surface area (Å²) in [6.45, 7) is 6.24. The van der Waals surface area contributed by atoms with Crippen molar-refractivity contribution in [3.8, 4) is 0 Å². The number of para-hydroxylation sites is 1. The van der Waals surface area contributed by atoms with E-state index < -0.39 is 10.0 Å². The first-order valence-corrected chi connectivity index (χ1v) is 8.63. The molecule has 0 heterocycles. The van der Waals surface area contributed by atoms with Crippen LogP contribution in [0.5, 0.6) is 0 Å². The second-order valence-corrected chi connectivity index (χ2v) is 8.71. The second kappa shape index (κ2) is 5.37. The van der Waals surface area contributed by atoms with Gasteiger partial charge < -0.3 is 5.73 Å². The summed E-state index contributed by atoms with van der Waals surface area (Å²) in [7, 11) is -3.25. The van der Waals surface area contributed by atoms with Gasteiger partial charge in [0.25, 0.3) is 0 Å². The maximum absolute atomic E-state index is 12.6. The van der Waals surface area contributed by atoms with E-state index in [0.717, 1.165) is 18.4 Å². The molecule has 0 saturated heterocycles. The van der Waals surface area contributed by atoms with Gasteiger partial charge in [0.2, 0.25) is 10.0 Å². The van der Waals surface area contributed by atoms with Gasteiger partial charge in [0.1, 0.15) is 0 Å². The van der Waals surface area contributed by atoms with Gasteiger partial charge in [-0.2, -0.15) is 4.31 Å². The average molecular weight is 296 g/mol. The minimum atomic E-state index is -3.25. The highest BCUT2D eigenvalue weighted by molar-refractivity contribution is 7.89. The minimum absolute atomic E-state index is 0.155. The van der Waals surface area contributed by atoms with E-state index in [0.29, 0.717) is 12.2 Å². The number of benzene rings is 1. The molecule has 0 amide bonds. The molecule has 1 aliphatic carbocycles. The molecular weight excluding hydrogens is 272 g/mol. The predicted octanol–water partition coefficient (Wildman–Crippen LogP) is 2.61. The predicted molar refractivity (Wildman–Crippen MR) is 82.7 cm³/mol. The standard InChI is InChI=1S/C15H24N2O2S/c1-15(2,3)11-20(18,19)17(13-8-9-13)10-12-6-4-5-7-14(12)16/h4-7,13H,8-11,16H2,1-3H3. The van der Waals surface area contributed by atoms with Crippen molar-refractivity contribution in [2.24, 2.45) is 5.41 Å². The molecule has 0 spiro atoms. The van der Waals surface area contributed by atoms with Crippen LogP contribution in [0.25, 0.3) is 0 Å². The average Bonchev–Trinajstić information content (AvgIpc) is 3.08. The lowest BCUT2D eigenvalue weighted by molar-refractivity contribution is 0.378. The first-order valence-electron chi connectivity index (χ1n) is 7.02. The second-order valence-electron chi connectivity index (χ2n) is 6.79. The lowest BCUT2D eigenvalue weighted by atomic mass is 10.0. The Labute approximate surface area is 122 Å². The van der Waals surface area contributed by atoms with Gasteiger partial charge in [-0.3, -0.25) is 0 Å². The summed E-state index contributed by atoms with van der Waals surface area (Å²) in [6.07, 6.45) is 1.91. The summed E-state index contributed by atoms with van der Waals surface area (Å²) >= 11 is 0. The van der Waals surface area contributed by atoms with E-state index >= 15 is 0 Å². The summed E-state index contributed by atoms with van der Waals surface area (Å²) in [5.74, 6) is 0.170. The quantitative estimate of drug-likeness (QED) is 0.850. The van der Waals surface area contributed by atoms with E-state index in [2.05, 4.69) is 0 Å². The van der Waals surface area contributed by atoms with E-state index in [-0.39, 0.29) is 17.2 Å². The molecule has 0 bridgehead atoms. The summed E-state index contributed by atoms with van der Waals surface area (Å²) in [5.41, 5.74) is 7.24. The SMILES string of the molecule is CC(C)(C)CS(=O)(=O)N(Cc1ccccc1N)C1CC1. The van der Waals surface area contributed by atoms with Crippen molar-refractivity contribution in [3.05, 3.63) is 29.8 Å². The van der Waals surface area contributed by atoms with Crippen molar-refractivity contribution >= 4 is 15.7 Å². The molecule has 0 aliphatic heterocycles. The number of nitrogens with zero attached hydrogens (tertiary/aromatic N) is 1. The zero-order valence-corrected chi connectivity index (χ0v) is 13.3. The van der Waals surface area contributed by atoms with Crippen molar-refractivity contribution in [1.82, 2.24) is 4.31 Å². The molecule has 20 heavy (non-hydrogen) atoms. The van der Waals surface area contributed by atoms with E-state index in [9.17, 15) is 8.42 Å². The summed E-state index contributed by atoms with van der Waals surface area (Å²) in [4.78, 5) is 0. The highest BCUT2D eigenvalue weighted by Gasteiger charge is 2.39. The van der Waals surface area contributed by atoms with Gasteiger partial charge in [-0.25, -0.2) is 8.42 Å². The highest BCUT2D eigenvalue weighted by atomic mass is 32.2. The van der Waals surface area contributed by atoms with Crippen LogP contribution in [0.4, 0.5) is 5.69 Å². The van der Waals surface area contributed by atoms with E-state index in [4.69, 9.17) is 5.73 Å². The van der Waals surface area contributed by atoms with Crippen molar-refractivity contribution < 1.29 is 8.42 Å². The smallest absolute Gasteiger partial charge is 0.215 e. The molecule has 1 fully saturated rings. The summed E-state index contributed by atoms with van der Waals surface area (Å²) in [5, 5.41) is 0. The lowest BCUT2D eigenvalue weighted by Crippen LogP contribution is -2.38.